The van der Waals surface area contributed by atoms with Crippen molar-refractivity contribution in [3.05, 3.63) is 24.0 Å². The Hall–Kier alpha value is -1.13. The van der Waals surface area contributed by atoms with E-state index in [2.05, 4.69) is 30.2 Å². The van der Waals surface area contributed by atoms with Gasteiger partial charge in [-0.3, -0.25) is 4.98 Å². The van der Waals surface area contributed by atoms with E-state index in [0.29, 0.717) is 12.0 Å². The van der Waals surface area contributed by atoms with Gasteiger partial charge < -0.3 is 14.8 Å². The van der Waals surface area contributed by atoms with E-state index in [1.54, 1.807) is 6.20 Å². The molecule has 0 aromatic carbocycles. The first-order valence-electron chi connectivity index (χ1n) is 8.22. The van der Waals surface area contributed by atoms with Crippen molar-refractivity contribution in [2.75, 3.05) is 26.4 Å². The molecule has 0 saturated carbocycles. The van der Waals surface area contributed by atoms with Crippen LogP contribution in [0, 0.1) is 5.92 Å². The first-order valence-corrected chi connectivity index (χ1v) is 8.22. The van der Waals surface area contributed by atoms with E-state index in [1.165, 1.54) is 12.0 Å². The third-order valence-electron chi connectivity index (χ3n) is 3.84. The quantitative estimate of drug-likeness (QED) is 0.758. The van der Waals surface area contributed by atoms with Crippen LogP contribution in [0.1, 0.15) is 51.1 Å². The summed E-state index contributed by atoms with van der Waals surface area (Å²) in [4.78, 5) is 4.34. The lowest BCUT2D eigenvalue weighted by atomic mass is 9.95. The highest BCUT2D eigenvalue weighted by molar-refractivity contribution is 5.26. The van der Waals surface area contributed by atoms with Gasteiger partial charge in [-0.05, 0) is 49.8 Å². The second kappa shape index (κ2) is 9.00. The molecule has 118 valence electrons. The Bertz CT molecular complexity index is 406. The van der Waals surface area contributed by atoms with Crippen LogP contribution in [0.3, 0.4) is 0 Å². The highest BCUT2D eigenvalue weighted by Crippen LogP contribution is 2.28. The number of pyridine rings is 1. The minimum Gasteiger partial charge on any atom is -0.492 e. The van der Waals surface area contributed by atoms with Gasteiger partial charge in [0.05, 0.1) is 12.8 Å². The molecule has 2 rings (SSSR count). The molecule has 1 fully saturated rings. The van der Waals surface area contributed by atoms with Gasteiger partial charge in [0, 0.05) is 25.5 Å². The Morgan fingerprint density at radius 3 is 3.00 bits per heavy atom. The van der Waals surface area contributed by atoms with Crippen molar-refractivity contribution in [1.82, 2.24) is 10.3 Å². The second-order valence-electron chi connectivity index (χ2n) is 5.77. The molecule has 1 aromatic rings. The van der Waals surface area contributed by atoms with Crippen molar-refractivity contribution >= 4 is 0 Å². The van der Waals surface area contributed by atoms with E-state index in [-0.39, 0.29) is 0 Å². The third kappa shape index (κ3) is 5.29. The summed E-state index contributed by atoms with van der Waals surface area (Å²) in [5.74, 6) is 1.53. The lowest BCUT2D eigenvalue weighted by Crippen LogP contribution is -2.25. The molecule has 1 aliphatic rings. The fourth-order valence-corrected chi connectivity index (χ4v) is 2.68. The van der Waals surface area contributed by atoms with Crippen molar-refractivity contribution in [1.29, 1.82) is 0 Å². The Morgan fingerprint density at radius 1 is 1.38 bits per heavy atom. The summed E-state index contributed by atoms with van der Waals surface area (Å²) in [5, 5.41) is 3.64. The van der Waals surface area contributed by atoms with Crippen molar-refractivity contribution in [2.45, 2.75) is 45.6 Å². The molecule has 4 heteroatoms. The van der Waals surface area contributed by atoms with Crippen LogP contribution in [0.5, 0.6) is 5.75 Å². The molecule has 0 spiro atoms. The summed E-state index contributed by atoms with van der Waals surface area (Å²) in [6.07, 6.45) is 8.19. The van der Waals surface area contributed by atoms with Crippen LogP contribution < -0.4 is 10.1 Å². The number of nitrogens with one attached hydrogen (secondary N) is 1. The number of nitrogens with zero attached hydrogens (tertiary/aromatic N) is 1. The summed E-state index contributed by atoms with van der Waals surface area (Å²) in [6.45, 7) is 7.88. The Kier molecular flexibility index (Phi) is 6.96. The fraction of sp³-hybridized carbons (Fsp3) is 0.706. The molecule has 1 aromatic heterocycles. The number of aromatic nitrogens is 1. The zero-order valence-electron chi connectivity index (χ0n) is 13.3. The molecule has 2 heterocycles. The highest BCUT2D eigenvalue weighted by Gasteiger charge is 2.22. The van der Waals surface area contributed by atoms with E-state index in [9.17, 15) is 0 Å². The molecule has 21 heavy (non-hydrogen) atoms. The Labute approximate surface area is 128 Å². The Balaban J connectivity index is 2.03. The first-order chi connectivity index (χ1) is 10.3. The number of ether oxygens (including phenoxy) is 2. The Morgan fingerprint density at radius 2 is 2.29 bits per heavy atom. The largest absolute Gasteiger partial charge is 0.492 e. The van der Waals surface area contributed by atoms with E-state index < -0.39 is 0 Å². The molecular weight excluding hydrogens is 264 g/mol. The van der Waals surface area contributed by atoms with Crippen LogP contribution in [0.4, 0.5) is 0 Å². The van der Waals surface area contributed by atoms with Gasteiger partial charge in [0.2, 0.25) is 0 Å². The van der Waals surface area contributed by atoms with Crippen LogP contribution in [0.2, 0.25) is 0 Å². The summed E-state index contributed by atoms with van der Waals surface area (Å²) in [6, 6.07) is 2.47. The van der Waals surface area contributed by atoms with Gasteiger partial charge in [-0.15, -0.1) is 0 Å². The van der Waals surface area contributed by atoms with E-state index in [4.69, 9.17) is 9.47 Å². The molecule has 0 radical (unpaired) electrons. The summed E-state index contributed by atoms with van der Waals surface area (Å²) >= 11 is 0. The smallest absolute Gasteiger partial charge is 0.137 e. The average molecular weight is 292 g/mol. The molecular formula is C17H28N2O2. The monoisotopic (exact) mass is 292 g/mol. The zero-order chi connectivity index (χ0) is 14.9. The highest BCUT2D eigenvalue weighted by atomic mass is 16.5. The lowest BCUT2D eigenvalue weighted by Gasteiger charge is -2.22. The van der Waals surface area contributed by atoms with E-state index >= 15 is 0 Å². The molecule has 0 aliphatic carbocycles. The first kappa shape index (κ1) is 16.2. The normalized spacial score (nSPS) is 19.6. The van der Waals surface area contributed by atoms with Crippen LogP contribution in [-0.4, -0.2) is 31.3 Å². The maximum Gasteiger partial charge on any atom is 0.137 e. The summed E-state index contributed by atoms with van der Waals surface area (Å²) < 4.78 is 11.2. The minimum atomic E-state index is 0.342. The van der Waals surface area contributed by atoms with E-state index in [1.807, 2.05) is 6.20 Å². The van der Waals surface area contributed by atoms with Gasteiger partial charge >= 0.3 is 0 Å². The second-order valence-corrected chi connectivity index (χ2v) is 5.77. The fourth-order valence-electron chi connectivity index (χ4n) is 2.68. The standard InChI is InChI=1S/C17H28N2O2/c1-3-6-19-17(9-14-5-8-20-13-14)15-10-16(12-18-11-15)21-7-4-2/h10-12,14,17,19H,3-9,13H2,1-2H3. The lowest BCUT2D eigenvalue weighted by molar-refractivity contribution is 0.181. The van der Waals surface area contributed by atoms with E-state index in [0.717, 1.165) is 51.4 Å². The van der Waals surface area contributed by atoms with Crippen LogP contribution in [0.15, 0.2) is 18.5 Å². The van der Waals surface area contributed by atoms with Crippen LogP contribution >= 0.6 is 0 Å². The molecule has 2 atom stereocenters. The predicted molar refractivity (Wildman–Crippen MR) is 84.6 cm³/mol. The predicted octanol–water partition coefficient (Wildman–Crippen LogP) is 3.34. The number of hydrogen-bond donors (Lipinski definition) is 1. The van der Waals surface area contributed by atoms with Gasteiger partial charge in [0.15, 0.2) is 0 Å². The van der Waals surface area contributed by atoms with Gasteiger partial charge in [-0.25, -0.2) is 0 Å². The van der Waals surface area contributed by atoms with Crippen LogP contribution in [0.25, 0.3) is 0 Å². The van der Waals surface area contributed by atoms with Gasteiger partial charge in [0.25, 0.3) is 0 Å². The molecule has 4 nitrogen and oxygen atoms in total. The van der Waals surface area contributed by atoms with Gasteiger partial charge in [0.1, 0.15) is 5.75 Å². The van der Waals surface area contributed by atoms with Gasteiger partial charge in [-0.1, -0.05) is 13.8 Å². The SMILES string of the molecule is CCCNC(CC1CCOC1)c1cncc(OCCC)c1. The maximum absolute atomic E-state index is 5.71. The van der Waals surface area contributed by atoms with Crippen molar-refractivity contribution < 1.29 is 9.47 Å². The number of rotatable bonds is 9. The molecule has 1 aliphatic heterocycles. The van der Waals surface area contributed by atoms with Crippen molar-refractivity contribution in [3.8, 4) is 5.75 Å². The van der Waals surface area contributed by atoms with Crippen LogP contribution in [-0.2, 0) is 4.74 Å². The van der Waals surface area contributed by atoms with Crippen molar-refractivity contribution in [2.24, 2.45) is 5.92 Å². The molecule has 1 saturated heterocycles. The third-order valence-corrected chi connectivity index (χ3v) is 3.84. The zero-order valence-corrected chi connectivity index (χ0v) is 13.3. The summed E-state index contributed by atoms with van der Waals surface area (Å²) in [7, 11) is 0. The van der Waals surface area contributed by atoms with Gasteiger partial charge in [-0.2, -0.15) is 0 Å². The number of hydrogen-bond acceptors (Lipinski definition) is 4. The average Bonchev–Trinajstić information content (AvgIpc) is 3.02. The van der Waals surface area contributed by atoms with Crippen molar-refractivity contribution in [3.63, 3.8) is 0 Å². The minimum absolute atomic E-state index is 0.342. The summed E-state index contributed by atoms with van der Waals surface area (Å²) in [5.41, 5.74) is 1.23. The molecule has 1 N–H and O–H groups in total. The molecule has 0 bridgehead atoms. The maximum atomic E-state index is 5.71. The molecule has 2 unspecified atom stereocenters. The topological polar surface area (TPSA) is 43.4 Å². The molecule has 0 amide bonds.